The molecule has 1 amide bonds. The molecule has 2 atom stereocenters. The maximum Gasteiger partial charge on any atom is 0.255 e. The molecule has 2 heterocycles. The van der Waals surface area contributed by atoms with E-state index < -0.39 is 25.4 Å². The summed E-state index contributed by atoms with van der Waals surface area (Å²) in [7, 11) is -2.79. The van der Waals surface area contributed by atoms with Gasteiger partial charge in [0.25, 0.3) is 5.91 Å². The molecule has 2 aliphatic rings. The Kier molecular flexibility index (Phi) is 4.82. The number of amides is 1. The van der Waals surface area contributed by atoms with Gasteiger partial charge in [-0.1, -0.05) is 51.1 Å². The average molecular weight is 389 g/mol. The lowest BCUT2D eigenvalue weighted by Gasteiger charge is -2.38. The number of likely N-dealkylation sites (tertiary alicyclic amines) is 1. The van der Waals surface area contributed by atoms with Crippen molar-refractivity contribution in [2.75, 3.05) is 13.1 Å². The zero-order valence-electron chi connectivity index (χ0n) is 17.4. The molecule has 0 saturated carbocycles. The van der Waals surface area contributed by atoms with Gasteiger partial charge in [0.1, 0.15) is 0 Å². The third-order valence-corrected chi connectivity index (χ3v) is 8.82. The van der Waals surface area contributed by atoms with Gasteiger partial charge in [-0.25, -0.2) is 8.57 Å². The second-order valence-electron chi connectivity index (χ2n) is 9.62. The van der Waals surface area contributed by atoms with Gasteiger partial charge in [-0.2, -0.15) is 0 Å². The van der Waals surface area contributed by atoms with Crippen LogP contribution in [0.5, 0.6) is 0 Å². The highest BCUT2D eigenvalue weighted by Gasteiger charge is 2.56. The summed E-state index contributed by atoms with van der Waals surface area (Å²) in [5.41, 5.74) is -0.689. The molecule has 1 aromatic rings. The zero-order chi connectivity index (χ0) is 20.1. The van der Waals surface area contributed by atoms with E-state index in [4.69, 9.17) is 4.36 Å². The first-order valence-electron chi connectivity index (χ1n) is 9.78. The molecular weight excluding hydrogens is 356 g/mol. The van der Waals surface area contributed by atoms with Gasteiger partial charge in [-0.3, -0.25) is 4.79 Å². The molecule has 27 heavy (non-hydrogen) atoms. The Labute approximate surface area is 164 Å². The van der Waals surface area contributed by atoms with E-state index >= 15 is 0 Å². The SMILES string of the molecule is CC(C)(C)[C@@]1(C(=O)N2CCCC2)C=C(c2ccccc2)[S@@](=O)(C(C)(C)C)=N1. The minimum absolute atomic E-state index is 0.00425. The molecule has 3 rings (SSSR count). The summed E-state index contributed by atoms with van der Waals surface area (Å²) in [6.07, 6.45) is 3.97. The number of carbonyl (C=O) groups is 1. The van der Waals surface area contributed by atoms with Crippen molar-refractivity contribution in [2.24, 2.45) is 9.78 Å². The summed E-state index contributed by atoms with van der Waals surface area (Å²) in [6, 6.07) is 9.76. The third-order valence-electron chi connectivity index (χ3n) is 5.66. The van der Waals surface area contributed by atoms with Gasteiger partial charge in [0.05, 0.1) is 19.4 Å². The Balaban J connectivity index is 2.30. The predicted molar refractivity (Wildman–Crippen MR) is 113 cm³/mol. The van der Waals surface area contributed by atoms with Crippen LogP contribution in [-0.4, -0.2) is 38.4 Å². The van der Waals surface area contributed by atoms with E-state index in [9.17, 15) is 9.00 Å². The van der Waals surface area contributed by atoms with Gasteiger partial charge in [0.15, 0.2) is 5.54 Å². The van der Waals surface area contributed by atoms with Crippen LogP contribution in [0, 0.1) is 5.41 Å². The highest BCUT2D eigenvalue weighted by molar-refractivity contribution is 8.04. The minimum atomic E-state index is -2.79. The van der Waals surface area contributed by atoms with Crippen LogP contribution in [0.4, 0.5) is 0 Å². The highest BCUT2D eigenvalue weighted by atomic mass is 32.2. The van der Waals surface area contributed by atoms with Crippen molar-refractivity contribution in [3.8, 4) is 0 Å². The minimum Gasteiger partial charge on any atom is -0.340 e. The van der Waals surface area contributed by atoms with Crippen LogP contribution in [0.2, 0.25) is 0 Å². The highest BCUT2D eigenvalue weighted by Crippen LogP contribution is 2.49. The normalized spacial score (nSPS) is 28.8. The maximum atomic E-state index is 14.3. The van der Waals surface area contributed by atoms with Crippen LogP contribution in [0.25, 0.3) is 4.91 Å². The molecule has 1 aromatic carbocycles. The summed E-state index contributed by atoms with van der Waals surface area (Å²) < 4.78 is 18.7. The average Bonchev–Trinajstić information content (AvgIpc) is 3.21. The lowest BCUT2D eigenvalue weighted by atomic mass is 9.72. The van der Waals surface area contributed by atoms with Crippen molar-refractivity contribution in [1.29, 1.82) is 0 Å². The molecule has 1 fully saturated rings. The largest absolute Gasteiger partial charge is 0.340 e. The number of hydrogen-bond donors (Lipinski definition) is 0. The molecule has 0 unspecified atom stereocenters. The fourth-order valence-corrected chi connectivity index (χ4v) is 6.42. The summed E-state index contributed by atoms with van der Waals surface area (Å²) in [4.78, 5) is 16.3. The summed E-state index contributed by atoms with van der Waals surface area (Å²) in [6.45, 7) is 13.5. The molecule has 4 nitrogen and oxygen atoms in total. The quantitative estimate of drug-likeness (QED) is 0.736. The number of nitrogens with zero attached hydrogens (tertiary/aromatic N) is 2. The molecule has 0 radical (unpaired) electrons. The second-order valence-corrected chi connectivity index (χ2v) is 12.5. The smallest absolute Gasteiger partial charge is 0.255 e. The lowest BCUT2D eigenvalue weighted by molar-refractivity contribution is -0.137. The number of benzene rings is 1. The van der Waals surface area contributed by atoms with Crippen LogP contribution in [0.15, 0.2) is 40.8 Å². The molecule has 0 bridgehead atoms. The zero-order valence-corrected chi connectivity index (χ0v) is 18.2. The van der Waals surface area contributed by atoms with Gasteiger partial charge in [-0.15, -0.1) is 0 Å². The number of carbonyl (C=O) groups excluding carboxylic acids is 1. The van der Waals surface area contributed by atoms with Crippen molar-refractivity contribution in [3.63, 3.8) is 0 Å². The van der Waals surface area contributed by atoms with Crippen molar-refractivity contribution in [3.05, 3.63) is 42.0 Å². The van der Waals surface area contributed by atoms with Crippen LogP contribution < -0.4 is 0 Å². The van der Waals surface area contributed by atoms with Crippen LogP contribution in [-0.2, 0) is 14.5 Å². The Hall–Kier alpha value is -1.62. The van der Waals surface area contributed by atoms with Crippen LogP contribution in [0.3, 0.4) is 0 Å². The van der Waals surface area contributed by atoms with Gasteiger partial charge >= 0.3 is 0 Å². The summed E-state index contributed by atoms with van der Waals surface area (Å²) in [5, 5.41) is 0. The van der Waals surface area contributed by atoms with Crippen molar-refractivity contribution < 1.29 is 9.00 Å². The van der Waals surface area contributed by atoms with Crippen molar-refractivity contribution >= 4 is 20.5 Å². The Bertz CT molecular complexity index is 875. The lowest BCUT2D eigenvalue weighted by Crippen LogP contribution is -2.53. The molecular formula is C22H32N2O2S. The van der Waals surface area contributed by atoms with Crippen LogP contribution >= 0.6 is 0 Å². The molecule has 5 heteroatoms. The van der Waals surface area contributed by atoms with E-state index in [0.717, 1.165) is 31.5 Å². The van der Waals surface area contributed by atoms with E-state index in [1.807, 2.05) is 82.9 Å². The molecule has 0 aliphatic carbocycles. The van der Waals surface area contributed by atoms with Gasteiger partial charge < -0.3 is 4.90 Å². The number of hydrogen-bond acceptors (Lipinski definition) is 3. The molecule has 148 valence electrons. The van der Waals surface area contributed by atoms with Gasteiger partial charge in [0, 0.05) is 18.5 Å². The second kappa shape index (κ2) is 6.47. The Morgan fingerprint density at radius 3 is 2.07 bits per heavy atom. The monoisotopic (exact) mass is 388 g/mol. The van der Waals surface area contributed by atoms with E-state index in [-0.39, 0.29) is 5.91 Å². The standard InChI is InChI=1S/C22H32N2O2S/c1-20(2,3)22(19(25)24-14-10-11-15-24)16-18(17-12-8-7-9-13-17)27(26,23-22)21(4,5)6/h7-9,12-13,16H,10-11,14-15H2,1-6H3/t22-,27+/m0/s1. The van der Waals surface area contributed by atoms with E-state index in [0.29, 0.717) is 4.91 Å². The summed E-state index contributed by atoms with van der Waals surface area (Å²) in [5.74, 6) is -0.00425. The molecule has 0 aromatic heterocycles. The molecule has 0 N–H and O–H groups in total. The predicted octanol–water partition coefficient (Wildman–Crippen LogP) is 4.71. The first-order valence-corrected chi connectivity index (χ1v) is 11.3. The van der Waals surface area contributed by atoms with Gasteiger partial charge in [-0.05, 0) is 45.3 Å². The summed E-state index contributed by atoms with van der Waals surface area (Å²) >= 11 is 0. The van der Waals surface area contributed by atoms with Crippen molar-refractivity contribution in [2.45, 2.75) is 64.7 Å². The van der Waals surface area contributed by atoms with E-state index in [1.165, 1.54) is 0 Å². The van der Waals surface area contributed by atoms with Gasteiger partial charge in [0.2, 0.25) is 0 Å². The molecule has 0 spiro atoms. The van der Waals surface area contributed by atoms with Crippen molar-refractivity contribution in [1.82, 2.24) is 4.90 Å². The fraction of sp³-hybridized carbons (Fsp3) is 0.591. The number of rotatable bonds is 2. The van der Waals surface area contributed by atoms with Crippen LogP contribution in [0.1, 0.15) is 59.9 Å². The Morgan fingerprint density at radius 1 is 1.04 bits per heavy atom. The first-order chi connectivity index (χ1) is 12.4. The third kappa shape index (κ3) is 3.14. The van der Waals surface area contributed by atoms with E-state index in [1.54, 1.807) is 0 Å². The topological polar surface area (TPSA) is 49.7 Å². The Morgan fingerprint density at radius 2 is 1.59 bits per heavy atom. The van der Waals surface area contributed by atoms with E-state index in [2.05, 4.69) is 0 Å². The molecule has 1 saturated heterocycles. The maximum absolute atomic E-state index is 14.3. The molecule has 2 aliphatic heterocycles. The first kappa shape index (κ1) is 20.1. The fourth-order valence-electron chi connectivity index (χ4n) is 3.80.